The maximum absolute atomic E-state index is 5.25. The summed E-state index contributed by atoms with van der Waals surface area (Å²) in [6, 6.07) is 18.2. The van der Waals surface area contributed by atoms with Crippen LogP contribution in [0.15, 0.2) is 70.3 Å². The van der Waals surface area contributed by atoms with Crippen LogP contribution in [0.1, 0.15) is 28.1 Å². The summed E-state index contributed by atoms with van der Waals surface area (Å²) in [6.07, 6.45) is 2.04. The van der Waals surface area contributed by atoms with Crippen molar-refractivity contribution in [1.82, 2.24) is 9.78 Å². The lowest BCUT2D eigenvalue weighted by Crippen LogP contribution is -2.11. The van der Waals surface area contributed by atoms with Crippen LogP contribution in [0.25, 0.3) is 6.08 Å². The lowest BCUT2D eigenvalue weighted by molar-refractivity contribution is 0.415. The van der Waals surface area contributed by atoms with Gasteiger partial charge in [0.25, 0.3) is 5.96 Å². The standard InChI is InChI=1S/C23H22N4O/c1-15-6-5-7-19(12-15)22-21(14-18-8-10-20(28-4)11-9-18)24-23(25-22)27-17(3)13-16(2)26-27/h5-14H,1-4H3. The van der Waals surface area contributed by atoms with E-state index in [2.05, 4.69) is 30.2 Å². The van der Waals surface area contributed by atoms with E-state index < -0.39 is 0 Å². The van der Waals surface area contributed by atoms with Crippen LogP contribution in [0.5, 0.6) is 5.75 Å². The Morgan fingerprint density at radius 3 is 2.36 bits per heavy atom. The zero-order chi connectivity index (χ0) is 19.7. The predicted molar refractivity (Wildman–Crippen MR) is 113 cm³/mol. The highest BCUT2D eigenvalue weighted by Crippen LogP contribution is 2.23. The molecule has 0 saturated heterocycles. The zero-order valence-corrected chi connectivity index (χ0v) is 16.5. The van der Waals surface area contributed by atoms with Crippen LogP contribution in [-0.2, 0) is 0 Å². The first-order valence-corrected chi connectivity index (χ1v) is 9.18. The Bertz CT molecular complexity index is 1120. The van der Waals surface area contributed by atoms with Gasteiger partial charge < -0.3 is 4.74 Å². The van der Waals surface area contributed by atoms with Crippen molar-refractivity contribution in [2.24, 2.45) is 9.98 Å². The maximum Gasteiger partial charge on any atom is 0.252 e. The molecule has 0 amide bonds. The molecule has 28 heavy (non-hydrogen) atoms. The summed E-state index contributed by atoms with van der Waals surface area (Å²) in [7, 11) is 1.66. The van der Waals surface area contributed by atoms with Gasteiger partial charge in [0.2, 0.25) is 0 Å². The SMILES string of the molecule is COc1ccc(C=C2N=C(n3nc(C)cc3C)N=C2c2cccc(C)c2)cc1. The first kappa shape index (κ1) is 17.9. The molecule has 0 saturated carbocycles. The van der Waals surface area contributed by atoms with E-state index in [9.17, 15) is 0 Å². The van der Waals surface area contributed by atoms with Crippen LogP contribution in [0.3, 0.4) is 0 Å². The van der Waals surface area contributed by atoms with E-state index in [0.717, 1.165) is 39.7 Å². The summed E-state index contributed by atoms with van der Waals surface area (Å²) in [4.78, 5) is 9.63. The molecular weight excluding hydrogens is 348 g/mol. The number of rotatable bonds is 3. The smallest absolute Gasteiger partial charge is 0.252 e. The molecule has 4 rings (SSSR count). The average Bonchev–Trinajstić information content (AvgIpc) is 3.25. The highest BCUT2D eigenvalue weighted by atomic mass is 16.5. The minimum atomic E-state index is 0.585. The van der Waals surface area contributed by atoms with Crippen molar-refractivity contribution in [3.8, 4) is 5.75 Å². The third kappa shape index (κ3) is 3.51. The largest absolute Gasteiger partial charge is 0.497 e. The van der Waals surface area contributed by atoms with Crippen molar-refractivity contribution in [2.45, 2.75) is 20.8 Å². The van der Waals surface area contributed by atoms with E-state index in [0.29, 0.717) is 5.96 Å². The van der Waals surface area contributed by atoms with Gasteiger partial charge in [0.05, 0.1) is 18.5 Å². The molecule has 0 radical (unpaired) electrons. The lowest BCUT2D eigenvalue weighted by atomic mass is 10.0. The summed E-state index contributed by atoms with van der Waals surface area (Å²) in [6.45, 7) is 6.06. The van der Waals surface area contributed by atoms with E-state index >= 15 is 0 Å². The molecule has 0 unspecified atom stereocenters. The third-order valence-electron chi connectivity index (χ3n) is 4.58. The van der Waals surface area contributed by atoms with Gasteiger partial charge in [-0.25, -0.2) is 14.7 Å². The Hall–Kier alpha value is -3.47. The van der Waals surface area contributed by atoms with Crippen LogP contribution in [0.2, 0.25) is 0 Å². The molecule has 1 aromatic heterocycles. The first-order valence-electron chi connectivity index (χ1n) is 9.18. The van der Waals surface area contributed by atoms with E-state index in [1.807, 2.05) is 56.3 Å². The number of aliphatic imine (C=N–C) groups is 2. The predicted octanol–water partition coefficient (Wildman–Crippen LogP) is 4.57. The number of hydrogen-bond donors (Lipinski definition) is 0. The summed E-state index contributed by atoms with van der Waals surface area (Å²) in [5, 5.41) is 4.54. The molecule has 0 aliphatic carbocycles. The van der Waals surface area contributed by atoms with E-state index in [4.69, 9.17) is 14.7 Å². The third-order valence-corrected chi connectivity index (χ3v) is 4.58. The average molecular weight is 370 g/mol. The van der Waals surface area contributed by atoms with Crippen LogP contribution in [-0.4, -0.2) is 28.6 Å². The maximum atomic E-state index is 5.25. The summed E-state index contributed by atoms with van der Waals surface area (Å²) in [5.41, 5.74) is 6.88. The van der Waals surface area contributed by atoms with Gasteiger partial charge in [-0.3, -0.25) is 0 Å². The molecule has 1 aliphatic rings. The Kier molecular flexibility index (Phi) is 4.65. The van der Waals surface area contributed by atoms with Gasteiger partial charge in [0.15, 0.2) is 0 Å². The molecule has 0 fully saturated rings. The normalized spacial score (nSPS) is 14.9. The van der Waals surface area contributed by atoms with Crippen LogP contribution in [0.4, 0.5) is 0 Å². The Balaban J connectivity index is 1.81. The monoisotopic (exact) mass is 370 g/mol. The number of ether oxygens (including phenoxy) is 1. The van der Waals surface area contributed by atoms with Crippen LogP contribution < -0.4 is 4.74 Å². The lowest BCUT2D eigenvalue weighted by Gasteiger charge is -2.04. The molecule has 0 spiro atoms. The first-order chi connectivity index (χ1) is 13.5. The molecule has 2 heterocycles. The number of methoxy groups -OCH3 is 1. The van der Waals surface area contributed by atoms with E-state index in [1.165, 1.54) is 5.56 Å². The second kappa shape index (κ2) is 7.27. The van der Waals surface area contributed by atoms with Crippen LogP contribution in [0, 0.1) is 20.8 Å². The zero-order valence-electron chi connectivity index (χ0n) is 16.5. The topological polar surface area (TPSA) is 51.8 Å². The van der Waals surface area contributed by atoms with Crippen LogP contribution >= 0.6 is 0 Å². The molecule has 5 nitrogen and oxygen atoms in total. The Morgan fingerprint density at radius 2 is 1.71 bits per heavy atom. The summed E-state index contributed by atoms with van der Waals surface area (Å²) < 4.78 is 7.04. The van der Waals surface area contributed by atoms with E-state index in [-0.39, 0.29) is 0 Å². The van der Waals surface area contributed by atoms with Crippen molar-refractivity contribution >= 4 is 17.7 Å². The number of hydrogen-bond acceptors (Lipinski definition) is 4. The van der Waals surface area contributed by atoms with Gasteiger partial charge in [-0.1, -0.05) is 35.9 Å². The van der Waals surface area contributed by atoms with Gasteiger partial charge in [0, 0.05) is 11.3 Å². The molecule has 0 atom stereocenters. The molecule has 0 N–H and O–H groups in total. The summed E-state index contributed by atoms with van der Waals surface area (Å²) >= 11 is 0. The molecule has 140 valence electrons. The number of nitrogens with zero attached hydrogens (tertiary/aromatic N) is 4. The summed E-state index contributed by atoms with van der Waals surface area (Å²) in [5.74, 6) is 1.41. The quantitative estimate of drug-likeness (QED) is 0.678. The number of aryl methyl sites for hydroxylation is 3. The molecule has 1 aliphatic heterocycles. The fraction of sp³-hybridized carbons (Fsp3) is 0.174. The molecular formula is C23H22N4O. The van der Waals surface area contributed by atoms with Gasteiger partial charge in [-0.15, -0.1) is 0 Å². The van der Waals surface area contributed by atoms with Gasteiger partial charge in [-0.05, 0) is 56.7 Å². The Labute approximate surface area is 164 Å². The second-order valence-corrected chi connectivity index (χ2v) is 6.88. The molecule has 2 aromatic carbocycles. The fourth-order valence-corrected chi connectivity index (χ4v) is 3.23. The minimum absolute atomic E-state index is 0.585. The molecule has 3 aromatic rings. The van der Waals surface area contributed by atoms with Crippen molar-refractivity contribution < 1.29 is 4.74 Å². The number of aromatic nitrogens is 2. The Morgan fingerprint density at radius 1 is 0.929 bits per heavy atom. The molecule has 0 bridgehead atoms. The second-order valence-electron chi connectivity index (χ2n) is 6.88. The van der Waals surface area contributed by atoms with Crippen molar-refractivity contribution in [2.75, 3.05) is 7.11 Å². The van der Waals surface area contributed by atoms with Crippen molar-refractivity contribution in [3.05, 3.63) is 88.4 Å². The number of benzene rings is 2. The van der Waals surface area contributed by atoms with E-state index in [1.54, 1.807) is 11.8 Å². The van der Waals surface area contributed by atoms with Crippen molar-refractivity contribution in [3.63, 3.8) is 0 Å². The molecule has 5 heteroatoms. The van der Waals surface area contributed by atoms with Crippen molar-refractivity contribution in [1.29, 1.82) is 0 Å². The van der Waals surface area contributed by atoms with Gasteiger partial charge >= 0.3 is 0 Å². The highest BCUT2D eigenvalue weighted by molar-refractivity contribution is 6.23. The van der Waals surface area contributed by atoms with Gasteiger partial charge in [-0.2, -0.15) is 5.10 Å². The number of allylic oxidation sites excluding steroid dienone is 1. The minimum Gasteiger partial charge on any atom is -0.497 e. The highest BCUT2D eigenvalue weighted by Gasteiger charge is 2.21. The fourth-order valence-electron chi connectivity index (χ4n) is 3.23. The van der Waals surface area contributed by atoms with Gasteiger partial charge in [0.1, 0.15) is 11.5 Å².